The second-order valence-corrected chi connectivity index (χ2v) is 7.82. The van der Waals surface area contributed by atoms with E-state index in [0.717, 1.165) is 11.1 Å². The molecule has 25 heavy (non-hydrogen) atoms. The highest BCUT2D eigenvalue weighted by Gasteiger charge is 2.19. The molecule has 0 amide bonds. The molecule has 136 valence electrons. The summed E-state index contributed by atoms with van der Waals surface area (Å²) >= 11 is 6.03. The van der Waals surface area contributed by atoms with Crippen LogP contribution in [0.2, 0.25) is 5.02 Å². The fourth-order valence-electron chi connectivity index (χ4n) is 2.37. The van der Waals surface area contributed by atoms with E-state index in [2.05, 4.69) is 4.72 Å². The van der Waals surface area contributed by atoms with Crippen LogP contribution in [0.4, 0.5) is 0 Å². The summed E-state index contributed by atoms with van der Waals surface area (Å²) in [7, 11) is -2.06. The first-order valence-electron chi connectivity index (χ1n) is 7.79. The number of aryl methyl sites for hydroxylation is 1. The second kappa shape index (κ2) is 8.08. The molecule has 0 atom stereocenters. The van der Waals surface area contributed by atoms with Gasteiger partial charge in [0.15, 0.2) is 0 Å². The van der Waals surface area contributed by atoms with Crippen LogP contribution in [0.5, 0.6) is 11.5 Å². The molecule has 2 aromatic rings. The Balaban J connectivity index is 2.00. The minimum absolute atomic E-state index is 0.151. The lowest BCUT2D eigenvalue weighted by molar-refractivity contribution is 0.323. The van der Waals surface area contributed by atoms with Crippen molar-refractivity contribution in [1.82, 2.24) is 4.72 Å². The maximum absolute atomic E-state index is 12.5. The van der Waals surface area contributed by atoms with Crippen molar-refractivity contribution in [2.45, 2.75) is 25.7 Å². The molecule has 0 aliphatic carbocycles. The molecule has 0 aliphatic heterocycles. The molecule has 0 unspecified atom stereocenters. The topological polar surface area (TPSA) is 64.6 Å². The summed E-state index contributed by atoms with van der Waals surface area (Å²) in [4.78, 5) is 0.240. The van der Waals surface area contributed by atoms with Crippen molar-refractivity contribution >= 4 is 21.6 Å². The van der Waals surface area contributed by atoms with Crippen LogP contribution in [0.3, 0.4) is 0 Å². The third-order valence-electron chi connectivity index (χ3n) is 4.00. The van der Waals surface area contributed by atoms with Gasteiger partial charge >= 0.3 is 0 Å². The largest absolute Gasteiger partial charge is 0.496 e. The number of hydrogen-bond donors (Lipinski definition) is 1. The Bertz CT molecular complexity index is 866. The van der Waals surface area contributed by atoms with Crippen LogP contribution in [0.25, 0.3) is 0 Å². The van der Waals surface area contributed by atoms with Crippen molar-refractivity contribution in [2.75, 3.05) is 20.3 Å². The lowest BCUT2D eigenvalue weighted by Crippen LogP contribution is -2.29. The van der Waals surface area contributed by atoms with Gasteiger partial charge in [-0.1, -0.05) is 17.7 Å². The molecular weight excluding hydrogens is 362 g/mol. The van der Waals surface area contributed by atoms with Gasteiger partial charge in [-0.15, -0.1) is 0 Å². The van der Waals surface area contributed by atoms with Gasteiger partial charge in [0, 0.05) is 11.6 Å². The summed E-state index contributed by atoms with van der Waals surface area (Å²) in [5.41, 5.74) is 2.43. The van der Waals surface area contributed by atoms with E-state index in [0.29, 0.717) is 22.1 Å². The molecule has 0 saturated carbocycles. The molecule has 5 nitrogen and oxygen atoms in total. The summed E-state index contributed by atoms with van der Waals surface area (Å²) in [6.45, 7) is 5.85. The van der Waals surface area contributed by atoms with Gasteiger partial charge in [-0.25, -0.2) is 13.1 Å². The number of halogens is 1. The zero-order chi connectivity index (χ0) is 18.6. The highest BCUT2D eigenvalue weighted by molar-refractivity contribution is 7.89. The molecule has 7 heteroatoms. The minimum atomic E-state index is -3.62. The molecule has 0 heterocycles. The molecule has 0 bridgehead atoms. The standard InChI is InChI=1S/C18H22ClNO4S/c1-12-5-6-15(11-16(12)19)24-10-9-20-25(21,22)18-8-7-17(23-4)13(2)14(18)3/h5-8,11,20H,9-10H2,1-4H3. The van der Waals surface area contributed by atoms with Gasteiger partial charge in [0.1, 0.15) is 18.1 Å². The molecule has 0 spiro atoms. The number of methoxy groups -OCH3 is 1. The molecule has 2 aromatic carbocycles. The van der Waals surface area contributed by atoms with Gasteiger partial charge in [-0.3, -0.25) is 0 Å². The van der Waals surface area contributed by atoms with Crippen LogP contribution < -0.4 is 14.2 Å². The van der Waals surface area contributed by atoms with Crippen LogP contribution in [0.1, 0.15) is 16.7 Å². The van der Waals surface area contributed by atoms with Crippen LogP contribution >= 0.6 is 11.6 Å². The summed E-state index contributed by atoms with van der Waals surface area (Å²) in [5, 5.41) is 0.613. The van der Waals surface area contributed by atoms with Crippen LogP contribution in [0.15, 0.2) is 35.2 Å². The quantitative estimate of drug-likeness (QED) is 0.741. The number of nitrogens with one attached hydrogen (secondary N) is 1. The summed E-state index contributed by atoms with van der Waals surface area (Å²) in [6, 6.07) is 8.56. The predicted molar refractivity (Wildman–Crippen MR) is 99.3 cm³/mol. The molecular formula is C18H22ClNO4S. The normalized spacial score (nSPS) is 11.4. The molecule has 0 aromatic heterocycles. The van der Waals surface area contributed by atoms with E-state index in [1.54, 1.807) is 38.3 Å². The van der Waals surface area contributed by atoms with E-state index in [-0.39, 0.29) is 18.0 Å². The first-order valence-corrected chi connectivity index (χ1v) is 9.65. The van der Waals surface area contributed by atoms with Crippen molar-refractivity contribution in [3.05, 3.63) is 52.0 Å². The molecule has 2 rings (SSSR count). The van der Waals surface area contributed by atoms with E-state index in [9.17, 15) is 8.42 Å². The predicted octanol–water partition coefficient (Wildman–Crippen LogP) is 3.63. The van der Waals surface area contributed by atoms with Crippen LogP contribution in [0, 0.1) is 20.8 Å². The molecule has 0 fully saturated rings. The van der Waals surface area contributed by atoms with Crippen molar-refractivity contribution in [1.29, 1.82) is 0 Å². The molecule has 1 N–H and O–H groups in total. The fraction of sp³-hybridized carbons (Fsp3) is 0.333. The third kappa shape index (κ3) is 4.66. The Hall–Kier alpha value is -1.76. The zero-order valence-electron chi connectivity index (χ0n) is 14.7. The van der Waals surface area contributed by atoms with Crippen molar-refractivity contribution < 1.29 is 17.9 Å². The number of sulfonamides is 1. The average Bonchev–Trinajstić information content (AvgIpc) is 2.57. The Labute approximate surface area is 154 Å². The first kappa shape index (κ1) is 19.6. The lowest BCUT2D eigenvalue weighted by Gasteiger charge is -2.14. The lowest BCUT2D eigenvalue weighted by atomic mass is 10.1. The third-order valence-corrected chi connectivity index (χ3v) is 6.02. The Kier molecular flexibility index (Phi) is 6.32. The fourth-order valence-corrected chi connectivity index (χ4v) is 3.85. The highest BCUT2D eigenvalue weighted by atomic mass is 35.5. The Morgan fingerprint density at radius 1 is 1.08 bits per heavy atom. The monoisotopic (exact) mass is 383 g/mol. The molecule has 0 saturated heterocycles. The van der Waals surface area contributed by atoms with E-state index in [1.807, 2.05) is 19.9 Å². The van der Waals surface area contributed by atoms with Crippen LogP contribution in [-0.2, 0) is 10.0 Å². The Morgan fingerprint density at radius 2 is 1.80 bits per heavy atom. The zero-order valence-corrected chi connectivity index (χ0v) is 16.3. The summed E-state index contributed by atoms with van der Waals surface area (Å²) < 4.78 is 38.3. The summed E-state index contributed by atoms with van der Waals surface area (Å²) in [5.74, 6) is 1.27. The van der Waals surface area contributed by atoms with Gasteiger partial charge in [0.25, 0.3) is 0 Å². The van der Waals surface area contributed by atoms with E-state index in [1.165, 1.54) is 0 Å². The van der Waals surface area contributed by atoms with Gasteiger partial charge in [0.05, 0.1) is 12.0 Å². The first-order chi connectivity index (χ1) is 11.8. The maximum Gasteiger partial charge on any atom is 0.240 e. The average molecular weight is 384 g/mol. The number of benzene rings is 2. The smallest absolute Gasteiger partial charge is 0.240 e. The van der Waals surface area contributed by atoms with Crippen molar-refractivity contribution in [3.8, 4) is 11.5 Å². The van der Waals surface area contributed by atoms with Crippen LogP contribution in [-0.4, -0.2) is 28.7 Å². The second-order valence-electron chi connectivity index (χ2n) is 5.67. The SMILES string of the molecule is COc1ccc(S(=O)(=O)NCCOc2ccc(C)c(Cl)c2)c(C)c1C. The summed E-state index contributed by atoms with van der Waals surface area (Å²) in [6.07, 6.45) is 0. The van der Waals surface area contributed by atoms with Gasteiger partial charge in [-0.05, 0) is 61.7 Å². The number of rotatable bonds is 7. The van der Waals surface area contributed by atoms with Crippen molar-refractivity contribution in [3.63, 3.8) is 0 Å². The van der Waals surface area contributed by atoms with Gasteiger partial charge < -0.3 is 9.47 Å². The number of ether oxygens (including phenoxy) is 2. The minimum Gasteiger partial charge on any atom is -0.496 e. The van der Waals surface area contributed by atoms with E-state index < -0.39 is 10.0 Å². The molecule has 0 radical (unpaired) electrons. The number of hydrogen-bond acceptors (Lipinski definition) is 4. The van der Waals surface area contributed by atoms with Crippen molar-refractivity contribution in [2.24, 2.45) is 0 Å². The highest BCUT2D eigenvalue weighted by Crippen LogP contribution is 2.26. The Morgan fingerprint density at radius 3 is 2.44 bits per heavy atom. The van der Waals surface area contributed by atoms with Gasteiger partial charge in [0.2, 0.25) is 10.0 Å². The molecule has 0 aliphatic rings. The van der Waals surface area contributed by atoms with E-state index in [4.69, 9.17) is 21.1 Å². The van der Waals surface area contributed by atoms with Gasteiger partial charge in [-0.2, -0.15) is 0 Å². The van der Waals surface area contributed by atoms with E-state index >= 15 is 0 Å². The maximum atomic E-state index is 12.5.